The van der Waals surface area contributed by atoms with Crippen molar-refractivity contribution >= 4 is 11.9 Å². The van der Waals surface area contributed by atoms with Crippen molar-refractivity contribution < 1.29 is 4.79 Å². The predicted molar refractivity (Wildman–Crippen MR) is 65.9 cm³/mol. The fraction of sp³-hybridized carbons (Fsp3) is 0.636. The Hall–Kier alpha value is -1.56. The van der Waals surface area contributed by atoms with Crippen LogP contribution in [0.5, 0.6) is 0 Å². The number of piperazine rings is 1. The predicted octanol–water partition coefficient (Wildman–Crippen LogP) is -0.712. The van der Waals surface area contributed by atoms with E-state index < -0.39 is 0 Å². The van der Waals surface area contributed by atoms with E-state index >= 15 is 0 Å². The third kappa shape index (κ3) is 2.76. The number of amides is 1. The van der Waals surface area contributed by atoms with Gasteiger partial charge in [-0.15, -0.1) is 0 Å². The molecule has 1 aromatic rings. The first-order chi connectivity index (χ1) is 8.18. The minimum absolute atomic E-state index is 0.164. The second-order valence-electron chi connectivity index (χ2n) is 4.32. The lowest BCUT2D eigenvalue weighted by Gasteiger charge is -2.29. The second kappa shape index (κ2) is 5.18. The maximum absolute atomic E-state index is 12.0. The minimum atomic E-state index is 0.164. The Bertz CT molecular complexity index is 383. The highest BCUT2D eigenvalue weighted by Gasteiger charge is 2.18. The van der Waals surface area contributed by atoms with E-state index in [0.717, 1.165) is 32.1 Å². The Morgan fingerprint density at radius 1 is 1.53 bits per heavy atom. The summed E-state index contributed by atoms with van der Waals surface area (Å²) in [5, 5.41) is 3.24. The summed E-state index contributed by atoms with van der Waals surface area (Å²) in [6.45, 7) is 3.75. The molecular weight excluding hydrogens is 218 g/mol. The van der Waals surface area contributed by atoms with E-state index in [1.807, 2.05) is 34.7 Å². The zero-order valence-corrected chi connectivity index (χ0v) is 10.4. The smallest absolute Gasteiger partial charge is 0.242 e. The van der Waals surface area contributed by atoms with Crippen LogP contribution < -0.4 is 10.2 Å². The maximum atomic E-state index is 12.0. The highest BCUT2D eigenvalue weighted by atomic mass is 16.2. The Morgan fingerprint density at radius 2 is 2.24 bits per heavy atom. The van der Waals surface area contributed by atoms with Crippen LogP contribution in [-0.2, 0) is 11.8 Å². The molecule has 2 rings (SSSR count). The van der Waals surface area contributed by atoms with Gasteiger partial charge in [0.25, 0.3) is 0 Å². The molecule has 0 bridgehead atoms. The number of anilines is 1. The third-order valence-electron chi connectivity index (χ3n) is 2.98. The topological polar surface area (TPSA) is 53.4 Å². The maximum Gasteiger partial charge on any atom is 0.242 e. The van der Waals surface area contributed by atoms with Crippen LogP contribution in [0.4, 0.5) is 5.95 Å². The lowest BCUT2D eigenvalue weighted by atomic mass is 10.3. The summed E-state index contributed by atoms with van der Waals surface area (Å²) in [6.07, 6.45) is 3.61. The molecule has 1 amide bonds. The van der Waals surface area contributed by atoms with E-state index in [-0.39, 0.29) is 5.91 Å². The van der Waals surface area contributed by atoms with Crippen molar-refractivity contribution in [3.05, 3.63) is 12.4 Å². The first-order valence-corrected chi connectivity index (χ1v) is 5.85. The molecule has 1 fully saturated rings. The van der Waals surface area contributed by atoms with Crippen LogP contribution in [0.1, 0.15) is 0 Å². The summed E-state index contributed by atoms with van der Waals surface area (Å²) in [6, 6.07) is 0. The van der Waals surface area contributed by atoms with Gasteiger partial charge >= 0.3 is 0 Å². The zero-order valence-electron chi connectivity index (χ0n) is 10.4. The van der Waals surface area contributed by atoms with Crippen molar-refractivity contribution in [3.63, 3.8) is 0 Å². The monoisotopic (exact) mass is 237 g/mol. The van der Waals surface area contributed by atoms with Gasteiger partial charge in [-0.25, -0.2) is 4.98 Å². The van der Waals surface area contributed by atoms with E-state index in [2.05, 4.69) is 10.3 Å². The molecule has 2 heterocycles. The van der Waals surface area contributed by atoms with Gasteiger partial charge in [0, 0.05) is 52.7 Å². The minimum Gasteiger partial charge on any atom is -0.339 e. The first-order valence-electron chi connectivity index (χ1n) is 5.85. The molecule has 1 aliphatic heterocycles. The number of hydrogen-bond acceptors (Lipinski definition) is 4. The molecule has 17 heavy (non-hydrogen) atoms. The van der Waals surface area contributed by atoms with Gasteiger partial charge in [-0.1, -0.05) is 0 Å². The molecule has 1 saturated heterocycles. The Morgan fingerprint density at radius 3 is 2.82 bits per heavy atom. The molecule has 1 aromatic heterocycles. The SMILES string of the molecule is CN(CC(=O)N1CCNCC1)c1nccn1C. The van der Waals surface area contributed by atoms with Crippen LogP contribution in [0.3, 0.4) is 0 Å². The third-order valence-corrected chi connectivity index (χ3v) is 2.98. The molecule has 0 saturated carbocycles. The zero-order chi connectivity index (χ0) is 12.3. The number of imidazole rings is 1. The molecular formula is C11H19N5O. The van der Waals surface area contributed by atoms with Gasteiger partial charge in [0.1, 0.15) is 0 Å². The van der Waals surface area contributed by atoms with Gasteiger partial charge in [-0.3, -0.25) is 4.79 Å². The summed E-state index contributed by atoms with van der Waals surface area (Å²) >= 11 is 0. The van der Waals surface area contributed by atoms with E-state index in [1.54, 1.807) is 6.20 Å². The van der Waals surface area contributed by atoms with Gasteiger partial charge in [-0.2, -0.15) is 0 Å². The molecule has 0 radical (unpaired) electrons. The largest absolute Gasteiger partial charge is 0.339 e. The molecule has 6 heteroatoms. The van der Waals surface area contributed by atoms with E-state index in [0.29, 0.717) is 6.54 Å². The van der Waals surface area contributed by atoms with Crippen molar-refractivity contribution in [1.29, 1.82) is 0 Å². The summed E-state index contributed by atoms with van der Waals surface area (Å²) < 4.78 is 1.91. The van der Waals surface area contributed by atoms with Crippen LogP contribution in [0.25, 0.3) is 0 Å². The lowest BCUT2D eigenvalue weighted by Crippen LogP contribution is -2.49. The molecule has 0 atom stereocenters. The molecule has 0 aliphatic carbocycles. The van der Waals surface area contributed by atoms with Crippen LogP contribution in [0.15, 0.2) is 12.4 Å². The number of hydrogen-bond donors (Lipinski definition) is 1. The molecule has 94 valence electrons. The van der Waals surface area contributed by atoms with E-state index in [9.17, 15) is 4.79 Å². The molecule has 6 nitrogen and oxygen atoms in total. The first kappa shape index (κ1) is 11.9. The molecule has 0 aromatic carbocycles. The number of carbonyl (C=O) groups is 1. The number of carbonyl (C=O) groups excluding carboxylic acids is 1. The van der Waals surface area contributed by atoms with Crippen molar-refractivity contribution in [1.82, 2.24) is 19.8 Å². The standard InChI is InChI=1S/C11H19N5O/c1-14-6-5-13-11(14)15(2)9-10(17)16-7-3-12-4-8-16/h5-6,12H,3-4,7-9H2,1-2H3. The van der Waals surface area contributed by atoms with Gasteiger partial charge in [0.15, 0.2) is 0 Å². The Kier molecular flexibility index (Phi) is 3.63. The molecule has 0 spiro atoms. The highest BCUT2D eigenvalue weighted by Crippen LogP contribution is 2.07. The van der Waals surface area contributed by atoms with Crippen LogP contribution in [0, 0.1) is 0 Å². The summed E-state index contributed by atoms with van der Waals surface area (Å²) in [7, 11) is 3.82. The van der Waals surface area contributed by atoms with Crippen LogP contribution >= 0.6 is 0 Å². The fourth-order valence-corrected chi connectivity index (χ4v) is 2.01. The van der Waals surface area contributed by atoms with E-state index in [4.69, 9.17) is 0 Å². The molecule has 1 aliphatic rings. The molecule has 1 N–H and O–H groups in total. The summed E-state index contributed by atoms with van der Waals surface area (Å²) in [5.74, 6) is 0.977. The Labute approximate surface area is 101 Å². The number of nitrogens with one attached hydrogen (secondary N) is 1. The molecule has 0 unspecified atom stereocenters. The summed E-state index contributed by atoms with van der Waals surface area (Å²) in [5.41, 5.74) is 0. The Balaban J connectivity index is 1.92. The van der Waals surface area contributed by atoms with Gasteiger partial charge in [0.2, 0.25) is 11.9 Å². The van der Waals surface area contributed by atoms with E-state index in [1.165, 1.54) is 0 Å². The van der Waals surface area contributed by atoms with Crippen LogP contribution in [-0.4, -0.2) is 60.1 Å². The van der Waals surface area contributed by atoms with Crippen molar-refractivity contribution in [2.75, 3.05) is 44.7 Å². The average Bonchev–Trinajstić information content (AvgIpc) is 2.76. The normalized spacial score (nSPS) is 16.0. The summed E-state index contributed by atoms with van der Waals surface area (Å²) in [4.78, 5) is 20.0. The highest BCUT2D eigenvalue weighted by molar-refractivity contribution is 5.81. The van der Waals surface area contributed by atoms with Crippen LogP contribution in [0.2, 0.25) is 0 Å². The average molecular weight is 237 g/mol. The van der Waals surface area contributed by atoms with Crippen molar-refractivity contribution in [3.8, 4) is 0 Å². The van der Waals surface area contributed by atoms with Gasteiger partial charge in [0.05, 0.1) is 6.54 Å². The lowest BCUT2D eigenvalue weighted by molar-refractivity contribution is -0.130. The number of likely N-dealkylation sites (N-methyl/N-ethyl adjacent to an activating group) is 1. The van der Waals surface area contributed by atoms with Crippen molar-refractivity contribution in [2.24, 2.45) is 7.05 Å². The number of aryl methyl sites for hydroxylation is 1. The van der Waals surface area contributed by atoms with Crippen molar-refractivity contribution in [2.45, 2.75) is 0 Å². The number of rotatable bonds is 3. The van der Waals surface area contributed by atoms with Gasteiger partial charge < -0.3 is 19.7 Å². The number of aromatic nitrogens is 2. The fourth-order valence-electron chi connectivity index (χ4n) is 2.01. The van der Waals surface area contributed by atoms with Gasteiger partial charge in [-0.05, 0) is 0 Å². The second-order valence-corrected chi connectivity index (χ2v) is 4.32. The quantitative estimate of drug-likeness (QED) is 0.754. The number of nitrogens with zero attached hydrogens (tertiary/aromatic N) is 4.